The molecular weight excluding hydrogens is 154 g/mol. The van der Waals surface area contributed by atoms with Crippen LogP contribution in [0.2, 0.25) is 19.6 Å². The molecule has 61 valence electrons. The summed E-state index contributed by atoms with van der Waals surface area (Å²) in [6.07, 6.45) is 2.01. The number of hydrogen-bond acceptors (Lipinski definition) is 2. The van der Waals surface area contributed by atoms with Crippen LogP contribution in [-0.4, -0.2) is 23.1 Å². The number of nitrogens with zero attached hydrogens (tertiary/aromatic N) is 3. The third-order valence-corrected chi connectivity index (χ3v) is 3.31. The summed E-state index contributed by atoms with van der Waals surface area (Å²) in [7, 11) is -1.24. The van der Waals surface area contributed by atoms with Gasteiger partial charge < -0.3 is 0 Å². The molecule has 1 aromatic heterocycles. The van der Waals surface area contributed by atoms with Gasteiger partial charge in [-0.1, -0.05) is 24.9 Å². The van der Waals surface area contributed by atoms with Crippen LogP contribution in [0.25, 0.3) is 0 Å². The van der Waals surface area contributed by atoms with Gasteiger partial charge >= 0.3 is 0 Å². The van der Waals surface area contributed by atoms with Gasteiger partial charge in [-0.25, -0.2) is 4.68 Å². The Bertz CT molecular complexity index is 236. The van der Waals surface area contributed by atoms with Gasteiger partial charge in [-0.15, -0.1) is 5.10 Å². The van der Waals surface area contributed by atoms with Crippen LogP contribution >= 0.6 is 0 Å². The molecule has 0 spiro atoms. The van der Waals surface area contributed by atoms with Gasteiger partial charge in [-0.05, 0) is 6.92 Å². The molecule has 0 saturated carbocycles. The second-order valence-corrected chi connectivity index (χ2v) is 8.60. The second kappa shape index (κ2) is 2.77. The molecule has 0 aliphatic carbocycles. The molecule has 1 rings (SSSR count). The van der Waals surface area contributed by atoms with Crippen molar-refractivity contribution in [2.75, 3.05) is 0 Å². The molecule has 0 aliphatic heterocycles. The Kier molecular flexibility index (Phi) is 2.13. The van der Waals surface area contributed by atoms with E-state index in [1.165, 1.54) is 0 Å². The van der Waals surface area contributed by atoms with Crippen molar-refractivity contribution in [3.8, 4) is 0 Å². The highest BCUT2D eigenvalue weighted by atomic mass is 28.3. The van der Waals surface area contributed by atoms with E-state index in [0.717, 1.165) is 5.32 Å². The summed E-state index contributed by atoms with van der Waals surface area (Å²) in [4.78, 5) is 0. The van der Waals surface area contributed by atoms with Crippen molar-refractivity contribution in [2.24, 2.45) is 0 Å². The van der Waals surface area contributed by atoms with E-state index in [1.54, 1.807) is 4.68 Å². The molecule has 3 nitrogen and oxygen atoms in total. The minimum Gasteiger partial charge on any atom is -0.248 e. The van der Waals surface area contributed by atoms with Crippen LogP contribution in [0, 0.1) is 6.54 Å². The van der Waals surface area contributed by atoms with E-state index in [2.05, 4.69) is 30.0 Å². The van der Waals surface area contributed by atoms with Gasteiger partial charge in [0, 0.05) is 6.20 Å². The molecule has 1 aromatic rings. The molecule has 0 amide bonds. The zero-order valence-corrected chi connectivity index (χ0v) is 8.50. The van der Waals surface area contributed by atoms with Crippen molar-refractivity contribution in [1.82, 2.24) is 15.0 Å². The van der Waals surface area contributed by atoms with Gasteiger partial charge in [0.1, 0.15) is 8.07 Å². The van der Waals surface area contributed by atoms with Crippen LogP contribution in [0.5, 0.6) is 0 Å². The summed E-state index contributed by atoms with van der Waals surface area (Å²) in [6, 6.07) is 0. The van der Waals surface area contributed by atoms with Crippen molar-refractivity contribution in [2.45, 2.75) is 26.6 Å². The Balaban J connectivity index is 2.89. The fourth-order valence-corrected chi connectivity index (χ4v) is 1.61. The molecule has 1 heterocycles. The molecule has 0 atom stereocenters. The van der Waals surface area contributed by atoms with E-state index in [-0.39, 0.29) is 0 Å². The van der Waals surface area contributed by atoms with Gasteiger partial charge in [0.15, 0.2) is 0 Å². The summed E-state index contributed by atoms with van der Waals surface area (Å²) in [5.41, 5.74) is 0. The van der Waals surface area contributed by atoms with E-state index in [4.69, 9.17) is 0 Å². The average molecular weight is 168 g/mol. The third kappa shape index (κ3) is 1.89. The van der Waals surface area contributed by atoms with Gasteiger partial charge in [0.05, 0.1) is 11.9 Å². The molecule has 0 unspecified atom stereocenters. The van der Waals surface area contributed by atoms with Crippen molar-refractivity contribution in [3.05, 3.63) is 12.7 Å². The van der Waals surface area contributed by atoms with E-state index < -0.39 is 8.07 Å². The molecule has 0 aromatic carbocycles. The molecular formula is C7H14N3Si. The predicted molar refractivity (Wildman–Crippen MR) is 48.4 cm³/mol. The first-order valence-electron chi connectivity index (χ1n) is 3.76. The lowest BCUT2D eigenvalue weighted by Crippen LogP contribution is -2.38. The van der Waals surface area contributed by atoms with Gasteiger partial charge in [-0.3, -0.25) is 0 Å². The zero-order valence-electron chi connectivity index (χ0n) is 7.50. The Morgan fingerprint density at radius 1 is 1.45 bits per heavy atom. The smallest absolute Gasteiger partial charge is 0.106 e. The predicted octanol–water partition coefficient (Wildman–Crippen LogP) is 0.853. The van der Waals surface area contributed by atoms with Crippen LogP contribution in [0.1, 0.15) is 6.92 Å². The highest BCUT2D eigenvalue weighted by Crippen LogP contribution is 1.98. The average Bonchev–Trinajstić information content (AvgIpc) is 2.32. The maximum atomic E-state index is 4.10. The number of rotatable bonds is 2. The minimum atomic E-state index is -1.24. The molecule has 4 heteroatoms. The first-order chi connectivity index (χ1) is 5.04. The molecule has 1 radical (unpaired) electrons. The van der Waals surface area contributed by atoms with Gasteiger partial charge in [0.25, 0.3) is 0 Å². The molecule has 0 aliphatic rings. The SMILES string of the molecule is C[CH]n1cc([Si](C)(C)C)nn1. The minimum absolute atomic E-state index is 1.16. The van der Waals surface area contributed by atoms with Gasteiger partial charge in [0.2, 0.25) is 0 Å². The summed E-state index contributed by atoms with van der Waals surface area (Å²) in [5, 5.41) is 9.21. The summed E-state index contributed by atoms with van der Waals surface area (Å²) in [6.45, 7) is 10.6. The highest BCUT2D eigenvalue weighted by molar-refractivity contribution is 6.88. The second-order valence-electron chi connectivity index (χ2n) is 3.59. The highest BCUT2D eigenvalue weighted by Gasteiger charge is 2.19. The Morgan fingerprint density at radius 3 is 2.36 bits per heavy atom. The van der Waals surface area contributed by atoms with Crippen molar-refractivity contribution < 1.29 is 0 Å². The van der Waals surface area contributed by atoms with Crippen molar-refractivity contribution >= 4 is 13.4 Å². The van der Waals surface area contributed by atoms with E-state index >= 15 is 0 Å². The molecule has 0 N–H and O–H groups in total. The fourth-order valence-electron chi connectivity index (χ4n) is 0.747. The Hall–Kier alpha value is -0.643. The largest absolute Gasteiger partial charge is 0.248 e. The topological polar surface area (TPSA) is 30.7 Å². The standard InChI is InChI=1S/C7H14N3Si/c1-5-10-6-7(8-9-10)11(2,3)4/h5-6H,1-4H3. The van der Waals surface area contributed by atoms with Crippen molar-refractivity contribution in [3.63, 3.8) is 0 Å². The van der Waals surface area contributed by atoms with Crippen molar-refractivity contribution in [1.29, 1.82) is 0 Å². The quantitative estimate of drug-likeness (QED) is 0.613. The molecule has 0 bridgehead atoms. The normalized spacial score (nSPS) is 12.0. The zero-order chi connectivity index (χ0) is 8.48. The van der Waals surface area contributed by atoms with E-state index in [1.807, 2.05) is 19.7 Å². The van der Waals surface area contributed by atoms with Gasteiger partial charge in [-0.2, -0.15) is 0 Å². The molecule has 0 fully saturated rings. The maximum absolute atomic E-state index is 4.10. The Labute approximate surface area is 68.4 Å². The Morgan fingerprint density at radius 2 is 2.09 bits per heavy atom. The number of aromatic nitrogens is 3. The first kappa shape index (κ1) is 8.45. The van der Waals surface area contributed by atoms with Crippen LogP contribution in [0.15, 0.2) is 6.20 Å². The summed E-state index contributed by atoms with van der Waals surface area (Å²) >= 11 is 0. The summed E-state index contributed by atoms with van der Waals surface area (Å²) in [5.74, 6) is 0. The van der Waals surface area contributed by atoms with Crippen LogP contribution in [0.4, 0.5) is 0 Å². The fraction of sp³-hybridized carbons (Fsp3) is 0.571. The van der Waals surface area contributed by atoms with Crippen LogP contribution in [0.3, 0.4) is 0 Å². The lowest BCUT2D eigenvalue weighted by atomic mass is 10.7. The first-order valence-corrected chi connectivity index (χ1v) is 7.26. The molecule has 11 heavy (non-hydrogen) atoms. The monoisotopic (exact) mass is 168 g/mol. The number of hydrogen-bond donors (Lipinski definition) is 0. The van der Waals surface area contributed by atoms with Crippen LogP contribution < -0.4 is 5.32 Å². The van der Waals surface area contributed by atoms with E-state index in [0.29, 0.717) is 0 Å². The lowest BCUT2D eigenvalue weighted by Gasteiger charge is -2.09. The third-order valence-electron chi connectivity index (χ3n) is 1.54. The maximum Gasteiger partial charge on any atom is 0.106 e. The lowest BCUT2D eigenvalue weighted by molar-refractivity contribution is 0.750. The van der Waals surface area contributed by atoms with Crippen LogP contribution in [-0.2, 0) is 0 Å². The van der Waals surface area contributed by atoms with E-state index in [9.17, 15) is 0 Å². The molecule has 0 saturated heterocycles. The summed E-state index contributed by atoms with van der Waals surface area (Å²) < 4.78 is 1.76.